The van der Waals surface area contributed by atoms with Gasteiger partial charge >= 0.3 is 11.9 Å². The maximum absolute atomic E-state index is 12.0. The summed E-state index contributed by atoms with van der Waals surface area (Å²) in [5, 5.41) is 9.94. The van der Waals surface area contributed by atoms with E-state index in [1.807, 2.05) is 13.8 Å². The first-order valence-electron chi connectivity index (χ1n) is 8.76. The zero-order chi connectivity index (χ0) is 18.7. The molecule has 0 amide bonds. The molecule has 2 fully saturated rings. The molecule has 8 nitrogen and oxygen atoms in total. The van der Waals surface area contributed by atoms with Crippen LogP contribution < -0.4 is 0 Å². The van der Waals surface area contributed by atoms with Crippen molar-refractivity contribution in [3.8, 4) is 0 Å². The lowest BCUT2D eigenvalue weighted by Gasteiger charge is -2.34. The molecule has 2 aliphatic heterocycles. The van der Waals surface area contributed by atoms with Gasteiger partial charge in [-0.15, -0.1) is 0 Å². The third-order valence-electron chi connectivity index (χ3n) is 4.17. The maximum Gasteiger partial charge on any atom is 0.306 e. The second-order valence-electron chi connectivity index (χ2n) is 6.88. The van der Waals surface area contributed by atoms with Crippen molar-refractivity contribution in [2.24, 2.45) is 0 Å². The zero-order valence-electron chi connectivity index (χ0n) is 15.3. The summed E-state index contributed by atoms with van der Waals surface area (Å²) in [6.45, 7) is 6.42. The molecule has 144 valence electrons. The van der Waals surface area contributed by atoms with Crippen LogP contribution in [0.1, 0.15) is 53.4 Å². The Morgan fingerprint density at radius 1 is 1.04 bits per heavy atom. The van der Waals surface area contributed by atoms with E-state index in [1.165, 1.54) is 0 Å². The van der Waals surface area contributed by atoms with Crippen molar-refractivity contribution in [1.82, 2.24) is 0 Å². The fourth-order valence-corrected chi connectivity index (χ4v) is 3.00. The highest BCUT2D eigenvalue weighted by Gasteiger charge is 2.64. The van der Waals surface area contributed by atoms with Crippen LogP contribution in [0.25, 0.3) is 0 Å². The maximum atomic E-state index is 12.0. The molecule has 0 bridgehead atoms. The first kappa shape index (κ1) is 20.1. The lowest BCUT2D eigenvalue weighted by Crippen LogP contribution is -2.53. The van der Waals surface area contributed by atoms with Gasteiger partial charge in [0.05, 0.1) is 6.61 Å². The number of ether oxygens (including phenoxy) is 5. The van der Waals surface area contributed by atoms with E-state index in [1.54, 1.807) is 13.8 Å². The highest BCUT2D eigenvalue weighted by Crippen LogP contribution is 2.44. The van der Waals surface area contributed by atoms with Gasteiger partial charge in [0.1, 0.15) is 6.61 Å². The lowest BCUT2D eigenvalue weighted by atomic mass is 9.96. The molecule has 2 rings (SSSR count). The monoisotopic (exact) mass is 360 g/mol. The average molecular weight is 360 g/mol. The van der Waals surface area contributed by atoms with Gasteiger partial charge in [0.25, 0.3) is 0 Å². The van der Waals surface area contributed by atoms with E-state index in [0.29, 0.717) is 12.8 Å². The van der Waals surface area contributed by atoms with E-state index < -0.39 is 48.4 Å². The Morgan fingerprint density at radius 3 is 2.28 bits per heavy atom. The van der Waals surface area contributed by atoms with Crippen molar-refractivity contribution in [3.63, 3.8) is 0 Å². The highest BCUT2D eigenvalue weighted by atomic mass is 16.9. The Morgan fingerprint density at radius 2 is 1.68 bits per heavy atom. The quantitative estimate of drug-likeness (QED) is 0.646. The summed E-state index contributed by atoms with van der Waals surface area (Å²) in [6, 6.07) is 0. The minimum Gasteiger partial charge on any atom is -0.462 e. The number of hydrogen-bond donors (Lipinski definition) is 1. The first-order chi connectivity index (χ1) is 11.8. The van der Waals surface area contributed by atoms with Crippen LogP contribution in [-0.4, -0.2) is 60.1 Å². The summed E-state index contributed by atoms with van der Waals surface area (Å²) in [5.74, 6) is -1.73. The number of hydrogen-bond acceptors (Lipinski definition) is 8. The summed E-state index contributed by atoms with van der Waals surface area (Å²) in [5.41, 5.74) is -1.40. The third-order valence-corrected chi connectivity index (χ3v) is 4.17. The number of aliphatic hydroxyl groups is 1. The standard InChI is InChI=1S/C17H28O8/c1-5-7-11(19)21-10-17(9-18)14(22-12(20)8-6-2)13-15(25-17)24-16(3,4)23-13/h13-15,18H,5-10H2,1-4H3/t13-,14-,15+,17-/m1/s1. The Hall–Kier alpha value is -1.22. The van der Waals surface area contributed by atoms with Crippen LogP contribution in [0.2, 0.25) is 0 Å². The van der Waals surface area contributed by atoms with Gasteiger partial charge in [0.15, 0.2) is 29.9 Å². The van der Waals surface area contributed by atoms with E-state index in [0.717, 1.165) is 0 Å². The van der Waals surface area contributed by atoms with Crippen molar-refractivity contribution in [2.75, 3.05) is 13.2 Å². The van der Waals surface area contributed by atoms with Crippen LogP contribution in [-0.2, 0) is 33.3 Å². The van der Waals surface area contributed by atoms with Crippen molar-refractivity contribution in [2.45, 2.75) is 83.3 Å². The predicted molar refractivity (Wildman–Crippen MR) is 85.4 cm³/mol. The molecule has 0 spiro atoms. The minimum absolute atomic E-state index is 0.231. The topological polar surface area (TPSA) is 101 Å². The minimum atomic E-state index is -1.40. The number of fused-ring (bicyclic) bond motifs is 1. The van der Waals surface area contributed by atoms with Gasteiger partial charge in [-0.3, -0.25) is 9.59 Å². The fraction of sp³-hybridized carbons (Fsp3) is 0.882. The summed E-state index contributed by atoms with van der Waals surface area (Å²) in [4.78, 5) is 23.7. The van der Waals surface area contributed by atoms with Crippen LogP contribution in [0.3, 0.4) is 0 Å². The Labute approximate surface area is 147 Å². The predicted octanol–water partition coefficient (Wildman–Crippen LogP) is 1.28. The van der Waals surface area contributed by atoms with Gasteiger partial charge < -0.3 is 28.8 Å². The third kappa shape index (κ3) is 4.49. The largest absolute Gasteiger partial charge is 0.462 e. The van der Waals surface area contributed by atoms with E-state index in [4.69, 9.17) is 23.7 Å². The van der Waals surface area contributed by atoms with Gasteiger partial charge in [-0.1, -0.05) is 13.8 Å². The fourth-order valence-electron chi connectivity index (χ4n) is 3.00. The molecule has 0 aromatic rings. The number of esters is 2. The number of aliphatic hydroxyl groups excluding tert-OH is 1. The molecular formula is C17H28O8. The second-order valence-corrected chi connectivity index (χ2v) is 6.88. The average Bonchev–Trinajstić information content (AvgIpc) is 2.97. The molecule has 0 aliphatic carbocycles. The SMILES string of the molecule is CCCC(=O)OC[C@@]1(CO)O[C@@H]2OC(C)(C)O[C@@H]2[C@H]1OC(=O)CCC. The van der Waals surface area contributed by atoms with Crippen LogP contribution in [0.5, 0.6) is 0 Å². The molecule has 0 saturated carbocycles. The van der Waals surface area contributed by atoms with Crippen LogP contribution in [0.15, 0.2) is 0 Å². The van der Waals surface area contributed by atoms with Gasteiger partial charge in [-0.05, 0) is 26.7 Å². The Bertz CT molecular complexity index is 491. The first-order valence-corrected chi connectivity index (χ1v) is 8.76. The lowest BCUT2D eigenvalue weighted by molar-refractivity contribution is -0.257. The molecule has 0 radical (unpaired) electrons. The van der Waals surface area contributed by atoms with Gasteiger partial charge in [-0.25, -0.2) is 0 Å². The molecule has 2 aliphatic rings. The van der Waals surface area contributed by atoms with Crippen LogP contribution in [0, 0.1) is 0 Å². The smallest absolute Gasteiger partial charge is 0.306 e. The molecule has 2 heterocycles. The number of carbonyl (C=O) groups excluding carboxylic acids is 2. The van der Waals surface area contributed by atoms with Gasteiger partial charge in [0, 0.05) is 12.8 Å². The zero-order valence-corrected chi connectivity index (χ0v) is 15.3. The molecule has 0 unspecified atom stereocenters. The number of rotatable bonds is 8. The van der Waals surface area contributed by atoms with Gasteiger partial charge in [0.2, 0.25) is 0 Å². The van der Waals surface area contributed by atoms with Crippen molar-refractivity contribution < 1.29 is 38.4 Å². The molecule has 0 aromatic heterocycles. The normalized spacial score (nSPS) is 33.1. The Kier molecular flexibility index (Phi) is 6.42. The molecule has 1 N–H and O–H groups in total. The molecule has 8 heteroatoms. The van der Waals surface area contributed by atoms with Crippen LogP contribution >= 0.6 is 0 Å². The van der Waals surface area contributed by atoms with E-state index in [2.05, 4.69) is 0 Å². The van der Waals surface area contributed by atoms with Crippen LogP contribution in [0.4, 0.5) is 0 Å². The summed E-state index contributed by atoms with van der Waals surface area (Å²) in [7, 11) is 0. The van der Waals surface area contributed by atoms with E-state index in [9.17, 15) is 14.7 Å². The van der Waals surface area contributed by atoms with Crippen molar-refractivity contribution in [3.05, 3.63) is 0 Å². The molecule has 0 aromatic carbocycles. The summed E-state index contributed by atoms with van der Waals surface area (Å²) < 4.78 is 28.1. The highest BCUT2D eigenvalue weighted by molar-refractivity contribution is 5.70. The Balaban J connectivity index is 2.17. The summed E-state index contributed by atoms with van der Waals surface area (Å²) >= 11 is 0. The van der Waals surface area contributed by atoms with Crippen molar-refractivity contribution >= 4 is 11.9 Å². The molecule has 2 saturated heterocycles. The molecule has 25 heavy (non-hydrogen) atoms. The van der Waals surface area contributed by atoms with E-state index in [-0.39, 0.29) is 19.4 Å². The van der Waals surface area contributed by atoms with Gasteiger partial charge in [-0.2, -0.15) is 0 Å². The number of carbonyl (C=O) groups is 2. The second kappa shape index (κ2) is 7.99. The molecule has 4 atom stereocenters. The molecular weight excluding hydrogens is 332 g/mol. The van der Waals surface area contributed by atoms with Crippen molar-refractivity contribution in [1.29, 1.82) is 0 Å². The van der Waals surface area contributed by atoms with E-state index >= 15 is 0 Å². The summed E-state index contributed by atoms with van der Waals surface area (Å²) in [6.07, 6.45) is -0.686.